The van der Waals surface area contributed by atoms with Crippen molar-refractivity contribution in [2.45, 2.75) is 43.8 Å². The maximum Gasteiger partial charge on any atom is 0.230 e. The number of rotatable bonds is 6. The van der Waals surface area contributed by atoms with Crippen LogP contribution in [-0.2, 0) is 4.79 Å². The van der Waals surface area contributed by atoms with E-state index >= 15 is 0 Å². The van der Waals surface area contributed by atoms with Gasteiger partial charge in [0, 0.05) is 29.7 Å². The van der Waals surface area contributed by atoms with E-state index in [0.717, 1.165) is 29.9 Å². The summed E-state index contributed by atoms with van der Waals surface area (Å²) in [5, 5.41) is 12.6. The molecule has 1 aliphatic rings. The third kappa shape index (κ3) is 4.25. The molecule has 2 heterocycles. The molecule has 6 nitrogen and oxygen atoms in total. The number of benzene rings is 1. The van der Waals surface area contributed by atoms with Crippen LogP contribution in [0.4, 0.5) is 0 Å². The number of carbonyl (C=O) groups is 1. The first-order valence-electron chi connectivity index (χ1n) is 9.56. The summed E-state index contributed by atoms with van der Waals surface area (Å²) in [6.07, 6.45) is 8.08. The summed E-state index contributed by atoms with van der Waals surface area (Å²) < 4.78 is 1.99. The van der Waals surface area contributed by atoms with Crippen LogP contribution in [0.5, 0.6) is 0 Å². The van der Waals surface area contributed by atoms with Gasteiger partial charge in [-0.3, -0.25) is 14.3 Å². The minimum Gasteiger partial charge on any atom is -0.353 e. The Kier molecular flexibility index (Phi) is 5.71. The molecular weight excluding hydrogens is 370 g/mol. The number of nitrogens with one attached hydrogen (secondary N) is 1. The van der Waals surface area contributed by atoms with Gasteiger partial charge in [-0.1, -0.05) is 42.3 Å². The van der Waals surface area contributed by atoms with Crippen molar-refractivity contribution in [3.8, 4) is 17.1 Å². The van der Waals surface area contributed by atoms with Gasteiger partial charge in [-0.15, -0.1) is 10.2 Å². The number of nitrogens with zero attached hydrogens (tertiary/aromatic N) is 4. The molecule has 0 saturated heterocycles. The molecule has 0 atom stereocenters. The van der Waals surface area contributed by atoms with E-state index < -0.39 is 0 Å². The lowest BCUT2D eigenvalue weighted by Gasteiger charge is -2.12. The average molecular weight is 394 g/mol. The monoisotopic (exact) mass is 393 g/mol. The van der Waals surface area contributed by atoms with Crippen LogP contribution in [0.1, 0.15) is 31.2 Å². The fourth-order valence-corrected chi connectivity index (χ4v) is 4.20. The number of aromatic nitrogens is 4. The molecule has 0 unspecified atom stereocenters. The van der Waals surface area contributed by atoms with Gasteiger partial charge in [-0.2, -0.15) is 0 Å². The van der Waals surface area contributed by atoms with Crippen molar-refractivity contribution >= 4 is 17.7 Å². The highest BCUT2D eigenvalue weighted by Crippen LogP contribution is 2.28. The maximum atomic E-state index is 12.3. The number of aryl methyl sites for hydroxylation is 1. The van der Waals surface area contributed by atoms with E-state index in [4.69, 9.17) is 0 Å². The third-order valence-electron chi connectivity index (χ3n) is 4.90. The first-order valence-corrected chi connectivity index (χ1v) is 10.5. The molecule has 0 bridgehead atoms. The zero-order chi connectivity index (χ0) is 19.3. The van der Waals surface area contributed by atoms with Crippen LogP contribution in [0, 0.1) is 6.92 Å². The van der Waals surface area contributed by atoms with Crippen LogP contribution >= 0.6 is 11.8 Å². The van der Waals surface area contributed by atoms with E-state index in [-0.39, 0.29) is 5.91 Å². The zero-order valence-corrected chi connectivity index (χ0v) is 16.7. The lowest BCUT2D eigenvalue weighted by atomic mass is 10.2. The second kappa shape index (κ2) is 8.56. The van der Waals surface area contributed by atoms with Crippen LogP contribution < -0.4 is 5.32 Å². The molecule has 0 radical (unpaired) electrons. The van der Waals surface area contributed by atoms with E-state index in [1.165, 1.54) is 30.2 Å². The Labute approximate surface area is 168 Å². The van der Waals surface area contributed by atoms with Crippen molar-refractivity contribution in [2.75, 3.05) is 5.75 Å². The second-order valence-electron chi connectivity index (χ2n) is 7.06. The number of carbonyl (C=O) groups excluding carboxylic acids is 1. The topological polar surface area (TPSA) is 72.7 Å². The number of hydrogen-bond donors (Lipinski definition) is 1. The van der Waals surface area contributed by atoms with Gasteiger partial charge in [0.15, 0.2) is 11.0 Å². The predicted molar refractivity (Wildman–Crippen MR) is 110 cm³/mol. The summed E-state index contributed by atoms with van der Waals surface area (Å²) >= 11 is 1.41. The van der Waals surface area contributed by atoms with Crippen molar-refractivity contribution in [1.82, 2.24) is 25.1 Å². The lowest BCUT2D eigenvalue weighted by Crippen LogP contribution is -2.33. The zero-order valence-electron chi connectivity index (χ0n) is 15.8. The molecule has 1 aliphatic carbocycles. The smallest absolute Gasteiger partial charge is 0.230 e. The highest BCUT2D eigenvalue weighted by molar-refractivity contribution is 7.99. The van der Waals surface area contributed by atoms with Crippen LogP contribution in [0.3, 0.4) is 0 Å². The molecule has 1 amide bonds. The molecule has 1 N–H and O–H groups in total. The van der Waals surface area contributed by atoms with Crippen molar-refractivity contribution in [3.63, 3.8) is 0 Å². The fourth-order valence-electron chi connectivity index (χ4n) is 3.44. The minimum absolute atomic E-state index is 0.0540. The molecule has 144 valence electrons. The van der Waals surface area contributed by atoms with Crippen molar-refractivity contribution in [1.29, 1.82) is 0 Å². The van der Waals surface area contributed by atoms with Gasteiger partial charge in [0.05, 0.1) is 5.75 Å². The van der Waals surface area contributed by atoms with Gasteiger partial charge in [0.1, 0.15) is 0 Å². The summed E-state index contributed by atoms with van der Waals surface area (Å²) in [7, 11) is 0. The van der Waals surface area contributed by atoms with Crippen LogP contribution in [0.15, 0.2) is 53.9 Å². The first-order chi connectivity index (χ1) is 13.7. The molecule has 4 rings (SSSR count). The maximum absolute atomic E-state index is 12.3. The highest BCUT2D eigenvalue weighted by atomic mass is 32.2. The molecular formula is C21H23N5OS. The van der Waals surface area contributed by atoms with Gasteiger partial charge >= 0.3 is 0 Å². The SMILES string of the molecule is Cc1ccc(-n2c(SCC(=O)NC3CCCC3)nnc2-c2cccnc2)cc1. The van der Waals surface area contributed by atoms with Gasteiger partial charge in [-0.25, -0.2) is 0 Å². The van der Waals surface area contributed by atoms with Gasteiger partial charge in [0.2, 0.25) is 5.91 Å². The average Bonchev–Trinajstić information content (AvgIpc) is 3.37. The Morgan fingerprint density at radius 1 is 1.18 bits per heavy atom. The lowest BCUT2D eigenvalue weighted by molar-refractivity contribution is -0.119. The standard InChI is InChI=1S/C21H23N5OS/c1-15-8-10-18(11-9-15)26-20(16-5-4-12-22-13-16)24-25-21(26)28-14-19(27)23-17-6-2-3-7-17/h4-5,8-13,17H,2-3,6-7,14H2,1H3,(H,23,27). The van der Waals surface area contributed by atoms with Crippen molar-refractivity contribution < 1.29 is 4.79 Å². The largest absolute Gasteiger partial charge is 0.353 e. The Morgan fingerprint density at radius 3 is 2.68 bits per heavy atom. The quantitative estimate of drug-likeness (QED) is 0.645. The molecule has 28 heavy (non-hydrogen) atoms. The Balaban J connectivity index is 1.58. The highest BCUT2D eigenvalue weighted by Gasteiger charge is 2.20. The van der Waals surface area contributed by atoms with E-state index in [2.05, 4.69) is 39.6 Å². The number of pyridine rings is 1. The number of thioether (sulfide) groups is 1. The first kappa shape index (κ1) is 18.7. The Hall–Kier alpha value is -2.67. The summed E-state index contributed by atoms with van der Waals surface area (Å²) in [6, 6.07) is 12.4. The van der Waals surface area contributed by atoms with Crippen LogP contribution in [-0.4, -0.2) is 37.5 Å². The summed E-state index contributed by atoms with van der Waals surface area (Å²) in [5.74, 6) is 1.10. The van der Waals surface area contributed by atoms with Gasteiger partial charge in [0.25, 0.3) is 0 Å². The molecule has 1 aromatic carbocycles. The summed E-state index contributed by atoms with van der Waals surface area (Å²) in [6.45, 7) is 2.06. The molecule has 0 spiro atoms. The Morgan fingerprint density at radius 2 is 1.96 bits per heavy atom. The number of amides is 1. The predicted octanol–water partition coefficient (Wildman–Crippen LogP) is 3.79. The fraction of sp³-hybridized carbons (Fsp3) is 0.333. The normalized spacial score (nSPS) is 14.3. The minimum atomic E-state index is 0.0540. The summed E-state index contributed by atoms with van der Waals surface area (Å²) in [4.78, 5) is 16.5. The van der Waals surface area contributed by atoms with Gasteiger partial charge in [-0.05, 0) is 44.0 Å². The van der Waals surface area contributed by atoms with Crippen molar-refractivity contribution in [3.05, 3.63) is 54.4 Å². The molecule has 1 fully saturated rings. The third-order valence-corrected chi connectivity index (χ3v) is 5.83. The van der Waals surface area contributed by atoms with Crippen LogP contribution in [0.2, 0.25) is 0 Å². The molecule has 3 aromatic rings. The molecule has 0 aliphatic heterocycles. The molecule has 7 heteroatoms. The van der Waals surface area contributed by atoms with Gasteiger partial charge < -0.3 is 5.32 Å². The molecule has 1 saturated carbocycles. The van der Waals surface area contributed by atoms with E-state index in [1.54, 1.807) is 12.4 Å². The Bertz CT molecular complexity index is 933. The molecule has 2 aromatic heterocycles. The number of hydrogen-bond acceptors (Lipinski definition) is 5. The summed E-state index contributed by atoms with van der Waals surface area (Å²) in [5.41, 5.74) is 3.04. The van der Waals surface area contributed by atoms with Crippen LogP contribution in [0.25, 0.3) is 17.1 Å². The van der Waals surface area contributed by atoms with E-state index in [1.807, 2.05) is 28.8 Å². The van der Waals surface area contributed by atoms with E-state index in [9.17, 15) is 4.79 Å². The second-order valence-corrected chi connectivity index (χ2v) is 8.00. The van der Waals surface area contributed by atoms with Crippen molar-refractivity contribution in [2.24, 2.45) is 0 Å². The van der Waals surface area contributed by atoms with E-state index in [0.29, 0.717) is 17.0 Å².